The minimum absolute atomic E-state index is 0.159. The maximum Gasteiger partial charge on any atom is 0.163 e. The van der Waals surface area contributed by atoms with E-state index in [9.17, 15) is 4.79 Å². The first-order chi connectivity index (χ1) is 16.0. The molecule has 3 aromatic rings. The zero-order valence-corrected chi connectivity index (χ0v) is 19.7. The minimum atomic E-state index is -0.159. The topological polar surface area (TPSA) is 41.1 Å². The van der Waals surface area contributed by atoms with Gasteiger partial charge in [0.05, 0.1) is 17.4 Å². The third-order valence-electron chi connectivity index (χ3n) is 7.10. The van der Waals surface area contributed by atoms with Gasteiger partial charge in [-0.05, 0) is 59.1 Å². The average Bonchev–Trinajstić information content (AvgIpc) is 3.01. The van der Waals surface area contributed by atoms with E-state index in [1.54, 1.807) is 0 Å². The summed E-state index contributed by atoms with van der Waals surface area (Å²) >= 11 is 0. The summed E-state index contributed by atoms with van der Waals surface area (Å²) in [5.74, 6) is 0.907. The van der Waals surface area contributed by atoms with Crippen LogP contribution in [-0.4, -0.2) is 5.78 Å². The number of carbonyl (C=O) groups is 1. The highest BCUT2D eigenvalue weighted by Crippen LogP contribution is 2.44. The molecule has 2 aliphatic rings. The summed E-state index contributed by atoms with van der Waals surface area (Å²) in [4.78, 5) is 13.7. The number of aryl methyl sites for hydroxylation is 1. The van der Waals surface area contributed by atoms with Crippen molar-refractivity contribution < 1.29 is 4.79 Å². The van der Waals surface area contributed by atoms with E-state index < -0.39 is 0 Å². The third kappa shape index (κ3) is 4.20. The molecule has 3 aromatic carbocycles. The van der Waals surface area contributed by atoms with E-state index in [1.165, 1.54) is 16.7 Å². The molecular weight excluding hydrogens is 404 g/mol. The molecule has 0 saturated heterocycles. The van der Waals surface area contributed by atoms with Crippen molar-refractivity contribution in [2.24, 2.45) is 0 Å². The summed E-state index contributed by atoms with van der Waals surface area (Å²) in [5.41, 5.74) is 9.00. The lowest BCUT2D eigenvalue weighted by atomic mass is 9.78. The zero-order valence-electron chi connectivity index (χ0n) is 19.7. The molecule has 5 rings (SSSR count). The van der Waals surface area contributed by atoms with Gasteiger partial charge >= 0.3 is 0 Å². The second-order valence-corrected chi connectivity index (χ2v) is 9.59. The summed E-state index contributed by atoms with van der Waals surface area (Å²) in [6.07, 6.45) is 2.41. The van der Waals surface area contributed by atoms with Crippen LogP contribution in [0, 0.1) is 0 Å². The van der Waals surface area contributed by atoms with Crippen LogP contribution in [0.4, 0.5) is 11.4 Å². The van der Waals surface area contributed by atoms with Crippen LogP contribution in [0.2, 0.25) is 0 Å². The molecule has 0 bridgehead atoms. The van der Waals surface area contributed by atoms with Crippen LogP contribution in [0.25, 0.3) is 0 Å². The molecule has 1 aliphatic heterocycles. The Labute approximate surface area is 196 Å². The molecular formula is C30H32N2O. The first-order valence-electron chi connectivity index (χ1n) is 12.1. The maximum absolute atomic E-state index is 13.7. The molecule has 0 aromatic heterocycles. The molecule has 2 unspecified atom stereocenters. The molecule has 1 aliphatic carbocycles. The number of allylic oxidation sites excluding steroid dienone is 1. The number of nitrogens with one attached hydrogen (secondary N) is 2. The Balaban J connectivity index is 1.55. The number of para-hydroxylation sites is 2. The summed E-state index contributed by atoms with van der Waals surface area (Å²) in [6.45, 7) is 6.58. The smallest absolute Gasteiger partial charge is 0.163 e. The normalized spacial score (nSPS) is 19.9. The first-order valence-corrected chi connectivity index (χ1v) is 12.1. The molecule has 2 atom stereocenters. The number of hydrogen-bond acceptors (Lipinski definition) is 3. The monoisotopic (exact) mass is 436 g/mol. The van der Waals surface area contributed by atoms with E-state index >= 15 is 0 Å². The predicted octanol–water partition coefficient (Wildman–Crippen LogP) is 7.35. The molecule has 0 spiro atoms. The van der Waals surface area contributed by atoms with Gasteiger partial charge in [0, 0.05) is 17.7 Å². The average molecular weight is 437 g/mol. The van der Waals surface area contributed by atoms with E-state index in [2.05, 4.69) is 92.1 Å². The van der Waals surface area contributed by atoms with Gasteiger partial charge in [0.25, 0.3) is 0 Å². The fourth-order valence-corrected chi connectivity index (χ4v) is 5.08. The lowest BCUT2D eigenvalue weighted by molar-refractivity contribution is -0.116. The van der Waals surface area contributed by atoms with Crippen LogP contribution >= 0.6 is 0 Å². The summed E-state index contributed by atoms with van der Waals surface area (Å²) < 4.78 is 0. The van der Waals surface area contributed by atoms with E-state index in [1.807, 2.05) is 12.1 Å². The number of rotatable bonds is 4. The molecule has 0 saturated carbocycles. The van der Waals surface area contributed by atoms with Gasteiger partial charge < -0.3 is 10.6 Å². The Bertz CT molecular complexity index is 1190. The SMILES string of the molecule is CCc1ccc(C2CC(=O)C3=C(C2)Nc2ccccc2NC3c2ccc(C(C)C)cc2)cc1. The third-order valence-corrected chi connectivity index (χ3v) is 7.10. The molecule has 168 valence electrons. The molecule has 3 heteroatoms. The fourth-order valence-electron chi connectivity index (χ4n) is 5.08. The van der Waals surface area contributed by atoms with Gasteiger partial charge in [-0.15, -0.1) is 0 Å². The molecule has 0 fully saturated rings. The first kappa shape index (κ1) is 21.5. The Morgan fingerprint density at radius 1 is 0.848 bits per heavy atom. The Morgan fingerprint density at radius 3 is 2.18 bits per heavy atom. The standard InChI is InChI=1S/C30H32N2O/c1-4-20-9-11-22(12-10-20)24-17-27-29(28(33)18-24)30(23-15-13-21(14-16-23)19(2)3)32-26-8-6-5-7-25(26)31-27/h5-16,19,24,30-32H,4,17-18H2,1-3H3. The van der Waals surface area contributed by atoms with Gasteiger partial charge in [-0.1, -0.05) is 81.4 Å². The predicted molar refractivity (Wildman–Crippen MR) is 137 cm³/mol. The summed E-state index contributed by atoms with van der Waals surface area (Å²) in [7, 11) is 0. The van der Waals surface area contributed by atoms with Crippen LogP contribution in [0.3, 0.4) is 0 Å². The number of anilines is 2. The highest BCUT2D eigenvalue weighted by molar-refractivity contribution is 6.01. The van der Waals surface area contributed by atoms with Crippen molar-refractivity contribution in [3.63, 3.8) is 0 Å². The lowest BCUT2D eigenvalue weighted by Gasteiger charge is -2.30. The van der Waals surface area contributed by atoms with Crippen molar-refractivity contribution >= 4 is 17.2 Å². The molecule has 1 heterocycles. The van der Waals surface area contributed by atoms with Crippen molar-refractivity contribution in [3.05, 3.63) is 106 Å². The van der Waals surface area contributed by atoms with Gasteiger partial charge in [0.15, 0.2) is 5.78 Å². The Hall–Kier alpha value is -3.33. The van der Waals surface area contributed by atoms with Crippen molar-refractivity contribution in [1.82, 2.24) is 0 Å². The fraction of sp³-hybridized carbons (Fsp3) is 0.300. The maximum atomic E-state index is 13.7. The lowest BCUT2D eigenvalue weighted by Crippen LogP contribution is -2.26. The Kier molecular flexibility index (Phi) is 5.80. The van der Waals surface area contributed by atoms with E-state index in [-0.39, 0.29) is 17.7 Å². The zero-order chi connectivity index (χ0) is 22.9. The quantitative estimate of drug-likeness (QED) is 0.449. The van der Waals surface area contributed by atoms with Crippen molar-refractivity contribution in [1.29, 1.82) is 0 Å². The van der Waals surface area contributed by atoms with Gasteiger partial charge in [-0.3, -0.25) is 4.79 Å². The largest absolute Gasteiger partial charge is 0.372 e. The number of Topliss-reactive ketones (excluding diaryl/α,β-unsaturated/α-hetero) is 1. The van der Waals surface area contributed by atoms with Gasteiger partial charge in [-0.2, -0.15) is 0 Å². The van der Waals surface area contributed by atoms with E-state index in [0.29, 0.717) is 12.3 Å². The minimum Gasteiger partial charge on any atom is -0.372 e. The van der Waals surface area contributed by atoms with Crippen LogP contribution in [0.15, 0.2) is 84.1 Å². The Morgan fingerprint density at radius 2 is 1.52 bits per heavy atom. The van der Waals surface area contributed by atoms with Crippen molar-refractivity contribution in [2.75, 3.05) is 10.6 Å². The number of benzene rings is 3. The molecule has 33 heavy (non-hydrogen) atoms. The highest BCUT2D eigenvalue weighted by Gasteiger charge is 2.36. The molecule has 0 amide bonds. The van der Waals surface area contributed by atoms with Gasteiger partial charge in [0.2, 0.25) is 0 Å². The number of hydrogen-bond donors (Lipinski definition) is 2. The second kappa shape index (κ2) is 8.90. The highest BCUT2D eigenvalue weighted by atomic mass is 16.1. The van der Waals surface area contributed by atoms with E-state index in [0.717, 1.165) is 41.1 Å². The van der Waals surface area contributed by atoms with Gasteiger partial charge in [-0.25, -0.2) is 0 Å². The number of carbonyl (C=O) groups excluding carboxylic acids is 1. The van der Waals surface area contributed by atoms with Crippen molar-refractivity contribution in [3.8, 4) is 0 Å². The van der Waals surface area contributed by atoms with Crippen LogP contribution in [0.5, 0.6) is 0 Å². The van der Waals surface area contributed by atoms with E-state index in [4.69, 9.17) is 0 Å². The van der Waals surface area contributed by atoms with Gasteiger partial charge in [0.1, 0.15) is 0 Å². The summed E-state index contributed by atoms with van der Waals surface area (Å²) in [5, 5.41) is 7.32. The molecule has 3 nitrogen and oxygen atoms in total. The number of ketones is 1. The van der Waals surface area contributed by atoms with Crippen LogP contribution in [-0.2, 0) is 11.2 Å². The van der Waals surface area contributed by atoms with Crippen LogP contribution in [0.1, 0.15) is 73.7 Å². The summed E-state index contributed by atoms with van der Waals surface area (Å²) in [6, 6.07) is 25.6. The molecule has 2 N–H and O–H groups in total. The molecule has 0 radical (unpaired) electrons. The second-order valence-electron chi connectivity index (χ2n) is 9.59. The number of fused-ring (bicyclic) bond motifs is 1. The van der Waals surface area contributed by atoms with Crippen LogP contribution < -0.4 is 10.6 Å². The van der Waals surface area contributed by atoms with Crippen molar-refractivity contribution in [2.45, 2.75) is 57.9 Å².